The van der Waals surface area contributed by atoms with E-state index < -0.39 is 0 Å². The minimum atomic E-state index is 0.124. The monoisotopic (exact) mass is 383 g/mol. The molecule has 3 N–H and O–H groups in total. The Hall–Kier alpha value is -2.78. The number of nitriles is 2. The molecule has 0 amide bonds. The van der Waals surface area contributed by atoms with Gasteiger partial charge in [-0.25, -0.2) is 4.98 Å². The highest BCUT2D eigenvalue weighted by Crippen LogP contribution is 2.36. The smallest absolute Gasteiger partial charge is 0.143 e. The maximum absolute atomic E-state index is 9.72. The molecule has 0 aliphatic rings. The average Bonchev–Trinajstić information content (AvgIpc) is 2.68. The predicted octanol–water partition coefficient (Wildman–Crippen LogP) is 2.41. The van der Waals surface area contributed by atoms with Crippen LogP contribution in [0.25, 0.3) is 11.1 Å². The van der Waals surface area contributed by atoms with Crippen LogP contribution in [0.4, 0.5) is 5.82 Å². The van der Waals surface area contributed by atoms with Gasteiger partial charge in [0.15, 0.2) is 0 Å². The van der Waals surface area contributed by atoms with E-state index in [2.05, 4.69) is 22.4 Å². The van der Waals surface area contributed by atoms with Crippen LogP contribution in [0.15, 0.2) is 29.3 Å². The summed E-state index contributed by atoms with van der Waals surface area (Å²) in [5.74, 6) is 1.53. The lowest BCUT2D eigenvalue weighted by Gasteiger charge is -2.13. The molecule has 0 unspecified atom stereocenters. The summed E-state index contributed by atoms with van der Waals surface area (Å²) >= 11 is 1.43. The van der Waals surface area contributed by atoms with Gasteiger partial charge in [0.05, 0.1) is 12.2 Å². The molecule has 0 radical (unpaired) electrons. The Balaban J connectivity index is 2.44. The molecule has 0 fully saturated rings. The highest BCUT2D eigenvalue weighted by atomic mass is 32.2. The molecular formula is C19H21N5O2S. The van der Waals surface area contributed by atoms with Crippen LogP contribution >= 0.6 is 11.8 Å². The molecular weight excluding hydrogens is 362 g/mol. The molecule has 0 saturated carbocycles. The number of benzene rings is 1. The molecule has 0 spiro atoms. The van der Waals surface area contributed by atoms with Gasteiger partial charge >= 0.3 is 0 Å². The van der Waals surface area contributed by atoms with Crippen molar-refractivity contribution in [3.8, 4) is 29.0 Å². The number of anilines is 1. The summed E-state index contributed by atoms with van der Waals surface area (Å²) in [6.07, 6.45) is 0. The molecule has 1 aromatic carbocycles. The fourth-order valence-electron chi connectivity index (χ4n) is 2.40. The summed E-state index contributed by atoms with van der Waals surface area (Å²) < 4.78 is 10.5. The number of thioether (sulfide) groups is 1. The number of nitrogens with one attached hydrogen (secondary N) is 1. The third kappa shape index (κ3) is 5.11. The Kier molecular flexibility index (Phi) is 7.90. The van der Waals surface area contributed by atoms with Crippen molar-refractivity contribution in [2.24, 2.45) is 0 Å². The second kappa shape index (κ2) is 10.4. The summed E-state index contributed by atoms with van der Waals surface area (Å²) in [6.45, 7) is 1.70. The molecule has 7 nitrogen and oxygen atoms in total. The van der Waals surface area contributed by atoms with Crippen molar-refractivity contribution < 1.29 is 9.47 Å². The summed E-state index contributed by atoms with van der Waals surface area (Å²) in [4.78, 5) is 4.27. The number of pyridine rings is 1. The number of nitrogens with two attached hydrogens (primary N) is 1. The van der Waals surface area contributed by atoms with Gasteiger partial charge in [-0.1, -0.05) is 12.1 Å². The molecule has 1 aromatic heterocycles. The second-order valence-electron chi connectivity index (χ2n) is 5.47. The van der Waals surface area contributed by atoms with Crippen LogP contribution in [0.2, 0.25) is 0 Å². The first-order chi connectivity index (χ1) is 13.2. The number of ether oxygens (including phenoxy) is 2. The van der Waals surface area contributed by atoms with E-state index in [1.165, 1.54) is 11.8 Å². The van der Waals surface area contributed by atoms with Crippen molar-refractivity contribution in [1.82, 2.24) is 10.3 Å². The molecule has 140 valence electrons. The standard InChI is InChI=1S/C19H21N5O2S/c1-23-7-10-27-19-16(12-21)17(15(11-20)18(22)24-19)13-3-5-14(6-4-13)26-9-8-25-2/h3-6,23H,7-10H2,1-2H3,(H2,22,24). The predicted molar refractivity (Wildman–Crippen MR) is 106 cm³/mol. The summed E-state index contributed by atoms with van der Waals surface area (Å²) in [5, 5.41) is 22.8. The zero-order valence-corrected chi connectivity index (χ0v) is 16.1. The summed E-state index contributed by atoms with van der Waals surface area (Å²) in [7, 11) is 3.47. The topological polar surface area (TPSA) is 117 Å². The fraction of sp³-hybridized carbons (Fsp3) is 0.316. The van der Waals surface area contributed by atoms with Crippen LogP contribution in [0.1, 0.15) is 11.1 Å². The summed E-state index contributed by atoms with van der Waals surface area (Å²) in [5.41, 5.74) is 7.78. The first kappa shape index (κ1) is 20.5. The SMILES string of the molecule is CNCCSc1nc(N)c(C#N)c(-c2ccc(OCCOC)cc2)c1C#N. The Morgan fingerprint density at radius 1 is 1.15 bits per heavy atom. The van der Waals surface area contributed by atoms with Gasteiger partial charge in [-0.3, -0.25) is 0 Å². The minimum absolute atomic E-state index is 0.124. The van der Waals surface area contributed by atoms with Gasteiger partial charge in [0, 0.05) is 25.0 Å². The minimum Gasteiger partial charge on any atom is -0.491 e. The van der Waals surface area contributed by atoms with Crippen LogP contribution < -0.4 is 15.8 Å². The Morgan fingerprint density at radius 2 is 1.85 bits per heavy atom. The van der Waals surface area contributed by atoms with E-state index >= 15 is 0 Å². The first-order valence-corrected chi connectivity index (χ1v) is 9.28. The molecule has 27 heavy (non-hydrogen) atoms. The van der Waals surface area contributed by atoms with Crippen molar-refractivity contribution in [1.29, 1.82) is 10.5 Å². The van der Waals surface area contributed by atoms with E-state index in [0.29, 0.717) is 40.7 Å². The van der Waals surface area contributed by atoms with E-state index in [-0.39, 0.29) is 11.4 Å². The molecule has 0 aliphatic heterocycles. The molecule has 0 saturated heterocycles. The lowest BCUT2D eigenvalue weighted by Crippen LogP contribution is -2.10. The van der Waals surface area contributed by atoms with E-state index in [4.69, 9.17) is 15.2 Å². The van der Waals surface area contributed by atoms with Crippen molar-refractivity contribution in [2.45, 2.75) is 5.03 Å². The third-order valence-electron chi connectivity index (χ3n) is 3.71. The second-order valence-corrected chi connectivity index (χ2v) is 6.55. The maximum atomic E-state index is 9.72. The quantitative estimate of drug-likeness (QED) is 0.501. The van der Waals surface area contributed by atoms with E-state index in [1.54, 1.807) is 31.4 Å². The Morgan fingerprint density at radius 3 is 2.44 bits per heavy atom. The van der Waals surface area contributed by atoms with Crippen molar-refractivity contribution >= 4 is 17.6 Å². The molecule has 0 aliphatic carbocycles. The van der Waals surface area contributed by atoms with Crippen LogP contribution in [0.3, 0.4) is 0 Å². The number of methoxy groups -OCH3 is 1. The van der Waals surface area contributed by atoms with Crippen LogP contribution in [-0.2, 0) is 4.74 Å². The molecule has 0 atom stereocenters. The van der Waals surface area contributed by atoms with E-state index in [0.717, 1.165) is 12.3 Å². The number of nitrogens with zero attached hydrogens (tertiary/aromatic N) is 3. The number of hydrogen-bond acceptors (Lipinski definition) is 8. The van der Waals surface area contributed by atoms with Gasteiger partial charge in [-0.2, -0.15) is 10.5 Å². The highest BCUT2D eigenvalue weighted by molar-refractivity contribution is 7.99. The normalized spacial score (nSPS) is 10.2. The fourth-order valence-corrected chi connectivity index (χ4v) is 3.36. The van der Waals surface area contributed by atoms with Gasteiger partial charge in [0.2, 0.25) is 0 Å². The van der Waals surface area contributed by atoms with Gasteiger partial charge in [0.1, 0.15) is 40.9 Å². The molecule has 0 bridgehead atoms. The van der Waals surface area contributed by atoms with Crippen LogP contribution in [0, 0.1) is 22.7 Å². The first-order valence-electron chi connectivity index (χ1n) is 8.29. The molecule has 2 rings (SSSR count). The number of nitrogen functional groups attached to an aromatic ring is 1. The number of aromatic nitrogens is 1. The molecule has 2 aromatic rings. The lowest BCUT2D eigenvalue weighted by atomic mass is 9.97. The van der Waals surface area contributed by atoms with Gasteiger partial charge in [-0.05, 0) is 24.7 Å². The third-order valence-corrected chi connectivity index (χ3v) is 4.68. The Labute approximate surface area is 163 Å². The number of rotatable bonds is 9. The highest BCUT2D eigenvalue weighted by Gasteiger charge is 2.20. The van der Waals surface area contributed by atoms with Crippen LogP contribution in [0.5, 0.6) is 5.75 Å². The molecule has 1 heterocycles. The van der Waals surface area contributed by atoms with Crippen molar-refractivity contribution in [2.75, 3.05) is 45.4 Å². The van der Waals surface area contributed by atoms with Crippen molar-refractivity contribution in [3.63, 3.8) is 0 Å². The lowest BCUT2D eigenvalue weighted by molar-refractivity contribution is 0.146. The zero-order chi connectivity index (χ0) is 19.6. The zero-order valence-electron chi connectivity index (χ0n) is 15.3. The van der Waals surface area contributed by atoms with Gasteiger partial charge in [0.25, 0.3) is 0 Å². The van der Waals surface area contributed by atoms with E-state index in [9.17, 15) is 10.5 Å². The van der Waals surface area contributed by atoms with Gasteiger partial charge < -0.3 is 20.5 Å². The maximum Gasteiger partial charge on any atom is 0.143 e. The number of hydrogen-bond donors (Lipinski definition) is 2. The molecule has 8 heteroatoms. The van der Waals surface area contributed by atoms with Crippen LogP contribution in [-0.4, -0.2) is 44.7 Å². The van der Waals surface area contributed by atoms with Crippen molar-refractivity contribution in [3.05, 3.63) is 35.4 Å². The largest absolute Gasteiger partial charge is 0.491 e. The van der Waals surface area contributed by atoms with Gasteiger partial charge in [-0.15, -0.1) is 11.8 Å². The Bertz CT molecular complexity index is 856. The van der Waals surface area contributed by atoms with E-state index in [1.807, 2.05) is 7.05 Å². The average molecular weight is 383 g/mol. The summed E-state index contributed by atoms with van der Waals surface area (Å²) in [6, 6.07) is 11.5.